The molecule has 34 heavy (non-hydrogen) atoms. The molecule has 2 aromatic rings. The second kappa shape index (κ2) is 10.7. The summed E-state index contributed by atoms with van der Waals surface area (Å²) in [4.78, 5) is 35.7. The summed E-state index contributed by atoms with van der Waals surface area (Å²) in [5, 5.41) is 23.6. The van der Waals surface area contributed by atoms with E-state index in [-0.39, 0.29) is 43.4 Å². The highest BCUT2D eigenvalue weighted by molar-refractivity contribution is 5.80. The van der Waals surface area contributed by atoms with Crippen LogP contribution in [0, 0.1) is 5.92 Å². The minimum atomic E-state index is -1.49. The molecule has 8 nitrogen and oxygen atoms in total. The number of carboxylic acids is 1. The number of amides is 2. The molecule has 8 heteroatoms. The van der Waals surface area contributed by atoms with Crippen LogP contribution in [0.3, 0.4) is 0 Å². The van der Waals surface area contributed by atoms with E-state index in [9.17, 15) is 19.5 Å². The smallest absolute Gasteiger partial charge is 0.407 e. The van der Waals surface area contributed by atoms with Gasteiger partial charge in [0.05, 0.1) is 0 Å². The van der Waals surface area contributed by atoms with Gasteiger partial charge in [0, 0.05) is 30.8 Å². The van der Waals surface area contributed by atoms with Crippen molar-refractivity contribution in [3.8, 4) is 11.1 Å². The zero-order chi connectivity index (χ0) is 24.1. The van der Waals surface area contributed by atoms with Crippen LogP contribution in [0.15, 0.2) is 48.5 Å². The Kier molecular flexibility index (Phi) is 7.47. The van der Waals surface area contributed by atoms with E-state index in [2.05, 4.69) is 34.9 Å². The molecule has 1 saturated carbocycles. The van der Waals surface area contributed by atoms with E-state index in [1.165, 1.54) is 11.1 Å². The highest BCUT2D eigenvalue weighted by atomic mass is 16.5. The molecule has 2 aliphatic rings. The van der Waals surface area contributed by atoms with Gasteiger partial charge in [-0.05, 0) is 41.5 Å². The van der Waals surface area contributed by atoms with Crippen molar-refractivity contribution in [3.63, 3.8) is 0 Å². The molecule has 2 aliphatic carbocycles. The van der Waals surface area contributed by atoms with Crippen molar-refractivity contribution in [2.24, 2.45) is 5.92 Å². The molecule has 4 rings (SSSR count). The van der Waals surface area contributed by atoms with Crippen LogP contribution in [-0.2, 0) is 14.3 Å². The predicted octanol–water partition coefficient (Wildman–Crippen LogP) is 3.04. The Hall–Kier alpha value is -3.39. The number of ether oxygens (including phenoxy) is 1. The summed E-state index contributed by atoms with van der Waals surface area (Å²) in [5.41, 5.74) is 4.64. The van der Waals surface area contributed by atoms with Crippen molar-refractivity contribution >= 4 is 18.0 Å². The number of aliphatic hydroxyl groups is 1. The van der Waals surface area contributed by atoms with Crippen LogP contribution in [0.4, 0.5) is 4.79 Å². The number of rotatable bonds is 8. The van der Waals surface area contributed by atoms with Crippen molar-refractivity contribution in [2.45, 2.75) is 50.2 Å². The van der Waals surface area contributed by atoms with Gasteiger partial charge in [0.2, 0.25) is 5.91 Å². The number of hydrogen-bond donors (Lipinski definition) is 4. The summed E-state index contributed by atoms with van der Waals surface area (Å²) in [5.74, 6) is -1.77. The Morgan fingerprint density at radius 2 is 1.65 bits per heavy atom. The van der Waals surface area contributed by atoms with E-state index in [1.807, 2.05) is 24.3 Å². The fraction of sp³-hybridized carbons (Fsp3) is 0.423. The maximum absolute atomic E-state index is 12.6. The van der Waals surface area contributed by atoms with Gasteiger partial charge in [-0.15, -0.1) is 0 Å². The lowest BCUT2D eigenvalue weighted by atomic mass is 9.85. The quantitative estimate of drug-likeness (QED) is 0.474. The van der Waals surface area contributed by atoms with Crippen LogP contribution in [-0.4, -0.2) is 53.5 Å². The Labute approximate surface area is 198 Å². The van der Waals surface area contributed by atoms with Gasteiger partial charge in [-0.2, -0.15) is 0 Å². The lowest BCUT2D eigenvalue weighted by Crippen LogP contribution is -2.43. The molecule has 0 bridgehead atoms. The zero-order valence-corrected chi connectivity index (χ0v) is 18.9. The van der Waals surface area contributed by atoms with E-state index in [0.717, 1.165) is 24.0 Å². The molecule has 3 atom stereocenters. The van der Waals surface area contributed by atoms with Crippen molar-refractivity contribution in [2.75, 3.05) is 13.2 Å². The topological polar surface area (TPSA) is 125 Å². The van der Waals surface area contributed by atoms with Gasteiger partial charge >= 0.3 is 12.1 Å². The third-order valence-corrected chi connectivity index (χ3v) is 6.71. The van der Waals surface area contributed by atoms with E-state index in [0.29, 0.717) is 12.8 Å². The first-order chi connectivity index (χ1) is 16.4. The number of alkyl carbamates (subject to hydrolysis) is 1. The van der Waals surface area contributed by atoms with E-state index in [1.54, 1.807) is 0 Å². The second-order valence-electron chi connectivity index (χ2n) is 8.96. The lowest BCUT2D eigenvalue weighted by Gasteiger charge is -2.29. The minimum absolute atomic E-state index is 0.0100. The van der Waals surface area contributed by atoms with E-state index < -0.39 is 18.2 Å². The van der Waals surface area contributed by atoms with Crippen LogP contribution in [0.2, 0.25) is 0 Å². The Morgan fingerprint density at radius 3 is 2.29 bits per heavy atom. The zero-order valence-electron chi connectivity index (χ0n) is 18.9. The molecule has 2 aromatic carbocycles. The summed E-state index contributed by atoms with van der Waals surface area (Å²) >= 11 is 0. The average molecular weight is 467 g/mol. The third-order valence-electron chi connectivity index (χ3n) is 6.71. The number of carboxylic acid groups (broad SMARTS) is 1. The largest absolute Gasteiger partial charge is 0.479 e. The molecular formula is C26H30N2O6. The van der Waals surface area contributed by atoms with Crippen LogP contribution >= 0.6 is 0 Å². The summed E-state index contributed by atoms with van der Waals surface area (Å²) in [6, 6.07) is 16.2. The van der Waals surface area contributed by atoms with Gasteiger partial charge < -0.3 is 25.6 Å². The normalized spacial score (nSPS) is 20.0. The van der Waals surface area contributed by atoms with Crippen molar-refractivity contribution < 1.29 is 29.3 Å². The Morgan fingerprint density at radius 1 is 1.00 bits per heavy atom. The van der Waals surface area contributed by atoms with Crippen LogP contribution in [0.1, 0.15) is 49.1 Å². The Bertz CT molecular complexity index is 1010. The number of nitrogens with one attached hydrogen (secondary N) is 2. The molecule has 0 radical (unpaired) electrons. The fourth-order valence-electron chi connectivity index (χ4n) is 4.97. The molecule has 0 saturated heterocycles. The highest BCUT2D eigenvalue weighted by Crippen LogP contribution is 2.44. The van der Waals surface area contributed by atoms with Gasteiger partial charge in [0.25, 0.3) is 0 Å². The minimum Gasteiger partial charge on any atom is -0.479 e. The van der Waals surface area contributed by atoms with Crippen molar-refractivity contribution in [1.29, 1.82) is 0 Å². The van der Waals surface area contributed by atoms with Crippen LogP contribution in [0.25, 0.3) is 11.1 Å². The van der Waals surface area contributed by atoms with Crippen LogP contribution < -0.4 is 10.6 Å². The van der Waals surface area contributed by atoms with Crippen molar-refractivity contribution in [1.82, 2.24) is 10.6 Å². The summed E-state index contributed by atoms with van der Waals surface area (Å²) in [6.07, 6.45) is 0.742. The lowest BCUT2D eigenvalue weighted by molar-refractivity contribution is -0.147. The standard InChI is InChI=1S/C26H30N2O6/c29-23(25(31)32)12-13-27-24(30)16-6-5-7-17(14-16)28-26(33)34-15-22-20-10-3-1-8-18(20)19-9-2-4-11-21(19)22/h1-4,8-11,16-17,22-23,29H,5-7,12-15H2,(H,27,30)(H,28,33)(H,31,32)/t16-,17+,23?/m1/s1. The molecule has 180 valence electrons. The molecule has 0 aromatic heterocycles. The molecule has 0 aliphatic heterocycles. The first-order valence-corrected chi connectivity index (χ1v) is 11.7. The predicted molar refractivity (Wildman–Crippen MR) is 125 cm³/mol. The van der Waals surface area contributed by atoms with Gasteiger partial charge in [-0.1, -0.05) is 55.0 Å². The number of benzene rings is 2. The number of hydrogen-bond acceptors (Lipinski definition) is 5. The van der Waals surface area contributed by atoms with Crippen LogP contribution in [0.5, 0.6) is 0 Å². The summed E-state index contributed by atoms with van der Waals surface area (Å²) < 4.78 is 5.62. The number of carbonyl (C=O) groups is 3. The van der Waals surface area contributed by atoms with Gasteiger partial charge in [-0.3, -0.25) is 4.79 Å². The first-order valence-electron chi connectivity index (χ1n) is 11.7. The molecule has 1 unspecified atom stereocenters. The average Bonchev–Trinajstić information content (AvgIpc) is 3.16. The molecule has 1 fully saturated rings. The highest BCUT2D eigenvalue weighted by Gasteiger charge is 2.31. The molecule has 0 spiro atoms. The summed E-state index contributed by atoms with van der Waals surface area (Å²) in [6.45, 7) is 0.329. The number of aliphatic hydroxyl groups excluding tert-OH is 1. The van der Waals surface area contributed by atoms with Gasteiger partial charge in [0.1, 0.15) is 6.61 Å². The number of aliphatic carboxylic acids is 1. The third kappa shape index (κ3) is 5.39. The molecule has 0 heterocycles. The molecule has 4 N–H and O–H groups in total. The van der Waals surface area contributed by atoms with Gasteiger partial charge in [-0.25, -0.2) is 9.59 Å². The van der Waals surface area contributed by atoms with E-state index >= 15 is 0 Å². The van der Waals surface area contributed by atoms with E-state index in [4.69, 9.17) is 9.84 Å². The molecular weight excluding hydrogens is 436 g/mol. The second-order valence-corrected chi connectivity index (χ2v) is 8.96. The van der Waals surface area contributed by atoms with Gasteiger partial charge in [0.15, 0.2) is 6.10 Å². The molecule has 2 amide bonds. The summed E-state index contributed by atoms with van der Waals surface area (Å²) in [7, 11) is 0. The monoisotopic (exact) mass is 466 g/mol. The first kappa shape index (κ1) is 23.8. The van der Waals surface area contributed by atoms with Crippen molar-refractivity contribution in [3.05, 3.63) is 59.7 Å². The maximum Gasteiger partial charge on any atom is 0.407 e. The Balaban J connectivity index is 1.27. The number of carbonyl (C=O) groups excluding carboxylic acids is 2. The maximum atomic E-state index is 12.6. The SMILES string of the molecule is O=C(N[C@H]1CCC[C@@H](C(=O)NCCC(O)C(=O)O)C1)OCC1c2ccccc2-c2ccccc21. The number of fused-ring (bicyclic) bond motifs is 3. The fourth-order valence-corrected chi connectivity index (χ4v) is 4.97.